The quantitative estimate of drug-likeness (QED) is 0.755. The van der Waals surface area contributed by atoms with Gasteiger partial charge in [-0.1, -0.05) is 13.8 Å². The van der Waals surface area contributed by atoms with Crippen molar-refractivity contribution in [1.29, 1.82) is 0 Å². The van der Waals surface area contributed by atoms with Gasteiger partial charge in [-0.15, -0.1) is 11.8 Å². The number of aromatic nitrogens is 1. The number of hydrogen-bond acceptors (Lipinski definition) is 3. The second-order valence-electron chi connectivity index (χ2n) is 2.82. The largest absolute Gasteiger partial charge is 0.476 e. The number of thioether (sulfide) groups is 1. The molecule has 1 aromatic heterocycles. The lowest BCUT2D eigenvalue weighted by Crippen LogP contribution is -2.03. The molecular formula is C9H11NO2S. The van der Waals surface area contributed by atoms with Crippen LogP contribution in [0.2, 0.25) is 0 Å². The Morgan fingerprint density at radius 1 is 1.62 bits per heavy atom. The first-order valence-corrected chi connectivity index (χ1v) is 4.84. The summed E-state index contributed by atoms with van der Waals surface area (Å²) in [5.41, 5.74) is 0.140. The highest BCUT2D eigenvalue weighted by Crippen LogP contribution is 2.24. The zero-order valence-corrected chi connectivity index (χ0v) is 8.34. The van der Waals surface area contributed by atoms with Crippen LogP contribution >= 0.6 is 11.8 Å². The van der Waals surface area contributed by atoms with Crippen molar-refractivity contribution in [3.63, 3.8) is 0 Å². The number of aromatic carboxylic acids is 1. The van der Waals surface area contributed by atoms with Crippen molar-refractivity contribution in [2.45, 2.75) is 24.0 Å². The Morgan fingerprint density at radius 3 is 2.85 bits per heavy atom. The van der Waals surface area contributed by atoms with E-state index in [0.717, 1.165) is 4.90 Å². The summed E-state index contributed by atoms with van der Waals surface area (Å²) in [6.45, 7) is 4.03. The zero-order valence-electron chi connectivity index (χ0n) is 7.52. The van der Waals surface area contributed by atoms with E-state index in [2.05, 4.69) is 4.98 Å². The lowest BCUT2D eigenvalue weighted by atomic mass is 10.3. The molecule has 0 aliphatic heterocycles. The predicted molar refractivity (Wildman–Crippen MR) is 52.2 cm³/mol. The minimum Gasteiger partial charge on any atom is -0.476 e. The molecule has 0 bridgehead atoms. The number of pyridine rings is 1. The van der Waals surface area contributed by atoms with Gasteiger partial charge in [0, 0.05) is 16.3 Å². The summed E-state index contributed by atoms with van der Waals surface area (Å²) in [7, 11) is 0. The Balaban J connectivity index is 2.98. The fourth-order valence-corrected chi connectivity index (χ4v) is 1.82. The first kappa shape index (κ1) is 10.1. The maximum Gasteiger partial charge on any atom is 0.355 e. The molecule has 0 atom stereocenters. The average molecular weight is 197 g/mol. The van der Waals surface area contributed by atoms with Crippen molar-refractivity contribution in [2.75, 3.05) is 0 Å². The van der Waals surface area contributed by atoms with E-state index in [0.29, 0.717) is 5.25 Å². The molecule has 0 aliphatic rings. The monoisotopic (exact) mass is 197 g/mol. The van der Waals surface area contributed by atoms with E-state index in [1.54, 1.807) is 12.1 Å². The van der Waals surface area contributed by atoms with Crippen molar-refractivity contribution in [1.82, 2.24) is 4.98 Å². The third kappa shape index (κ3) is 2.73. The van der Waals surface area contributed by atoms with Gasteiger partial charge >= 0.3 is 5.97 Å². The van der Waals surface area contributed by atoms with Gasteiger partial charge in [0.2, 0.25) is 0 Å². The molecule has 0 saturated carbocycles. The van der Waals surface area contributed by atoms with Gasteiger partial charge in [-0.2, -0.15) is 0 Å². The van der Waals surface area contributed by atoms with Gasteiger partial charge < -0.3 is 5.11 Å². The lowest BCUT2D eigenvalue weighted by Gasteiger charge is -2.06. The van der Waals surface area contributed by atoms with E-state index in [4.69, 9.17) is 5.11 Å². The third-order valence-electron chi connectivity index (χ3n) is 1.34. The molecule has 0 radical (unpaired) electrons. The van der Waals surface area contributed by atoms with E-state index in [9.17, 15) is 4.79 Å². The van der Waals surface area contributed by atoms with Gasteiger partial charge in [0.05, 0.1) is 0 Å². The molecule has 0 aromatic carbocycles. The maximum absolute atomic E-state index is 10.7. The van der Waals surface area contributed by atoms with Crippen LogP contribution in [0.25, 0.3) is 0 Å². The second kappa shape index (κ2) is 4.28. The summed E-state index contributed by atoms with van der Waals surface area (Å²) in [6.07, 6.45) is 1.49. The average Bonchev–Trinajstić information content (AvgIpc) is 2.03. The molecule has 0 spiro atoms. The number of carbonyl (C=O) groups is 1. The standard InChI is InChI=1S/C9H11NO2S/c1-6(2)13-7-4-3-5-10-8(7)9(11)12/h3-6H,1-2H3,(H,11,12). The molecule has 0 saturated heterocycles. The topological polar surface area (TPSA) is 50.2 Å². The van der Waals surface area contributed by atoms with Gasteiger partial charge in [0.15, 0.2) is 5.69 Å². The molecule has 1 N–H and O–H groups in total. The highest BCUT2D eigenvalue weighted by atomic mass is 32.2. The molecule has 70 valence electrons. The Hall–Kier alpha value is -1.03. The van der Waals surface area contributed by atoms with E-state index < -0.39 is 5.97 Å². The Bertz CT molecular complexity index is 312. The highest BCUT2D eigenvalue weighted by Gasteiger charge is 2.11. The normalized spacial score (nSPS) is 10.4. The summed E-state index contributed by atoms with van der Waals surface area (Å²) in [6, 6.07) is 3.53. The number of rotatable bonds is 3. The van der Waals surface area contributed by atoms with Crippen LogP contribution in [0.4, 0.5) is 0 Å². The molecule has 1 aromatic rings. The summed E-state index contributed by atoms with van der Waals surface area (Å²) in [4.78, 5) is 15.3. The molecule has 0 unspecified atom stereocenters. The molecule has 1 heterocycles. The van der Waals surface area contributed by atoms with E-state index >= 15 is 0 Å². The van der Waals surface area contributed by atoms with Crippen molar-refractivity contribution >= 4 is 17.7 Å². The minimum absolute atomic E-state index is 0.140. The van der Waals surface area contributed by atoms with E-state index in [1.807, 2.05) is 13.8 Å². The van der Waals surface area contributed by atoms with Gasteiger partial charge in [0.1, 0.15) is 0 Å². The van der Waals surface area contributed by atoms with Gasteiger partial charge in [-0.3, -0.25) is 0 Å². The number of nitrogens with zero attached hydrogens (tertiary/aromatic N) is 1. The molecule has 0 amide bonds. The fraction of sp³-hybridized carbons (Fsp3) is 0.333. The molecule has 3 nitrogen and oxygen atoms in total. The van der Waals surface area contributed by atoms with E-state index in [1.165, 1.54) is 18.0 Å². The van der Waals surface area contributed by atoms with Crippen LogP contribution in [0.1, 0.15) is 24.3 Å². The van der Waals surface area contributed by atoms with E-state index in [-0.39, 0.29) is 5.69 Å². The fourth-order valence-electron chi connectivity index (χ4n) is 0.900. The molecule has 0 aliphatic carbocycles. The van der Waals surface area contributed by atoms with Crippen LogP contribution in [0.5, 0.6) is 0 Å². The van der Waals surface area contributed by atoms with Gasteiger partial charge in [-0.25, -0.2) is 9.78 Å². The Morgan fingerprint density at radius 2 is 2.31 bits per heavy atom. The Labute approximate surface area is 81.2 Å². The predicted octanol–water partition coefficient (Wildman–Crippen LogP) is 2.28. The van der Waals surface area contributed by atoms with Crippen molar-refractivity contribution in [3.05, 3.63) is 24.0 Å². The van der Waals surface area contributed by atoms with Crippen LogP contribution in [0, 0.1) is 0 Å². The van der Waals surface area contributed by atoms with Crippen LogP contribution < -0.4 is 0 Å². The molecule has 4 heteroatoms. The molecule has 1 rings (SSSR count). The SMILES string of the molecule is CC(C)Sc1cccnc1C(=O)O. The smallest absolute Gasteiger partial charge is 0.355 e. The van der Waals surface area contributed by atoms with Crippen molar-refractivity contribution in [3.8, 4) is 0 Å². The second-order valence-corrected chi connectivity index (χ2v) is 4.44. The third-order valence-corrected chi connectivity index (χ3v) is 2.39. The van der Waals surface area contributed by atoms with Crippen LogP contribution in [0.3, 0.4) is 0 Å². The zero-order chi connectivity index (χ0) is 9.84. The highest BCUT2D eigenvalue weighted by molar-refractivity contribution is 8.00. The number of carboxylic acids is 1. The lowest BCUT2D eigenvalue weighted by molar-refractivity contribution is 0.0686. The first-order valence-electron chi connectivity index (χ1n) is 3.96. The Kier molecular flexibility index (Phi) is 3.31. The van der Waals surface area contributed by atoms with Gasteiger partial charge in [-0.05, 0) is 12.1 Å². The molecular weight excluding hydrogens is 186 g/mol. The summed E-state index contributed by atoms with van der Waals surface area (Å²) in [5.74, 6) is -0.969. The van der Waals surface area contributed by atoms with Crippen LogP contribution in [-0.2, 0) is 0 Å². The molecule has 0 fully saturated rings. The molecule has 13 heavy (non-hydrogen) atoms. The first-order chi connectivity index (χ1) is 6.11. The summed E-state index contributed by atoms with van der Waals surface area (Å²) in [5, 5.41) is 9.17. The number of carboxylic acid groups (broad SMARTS) is 1. The maximum atomic E-state index is 10.7. The van der Waals surface area contributed by atoms with Gasteiger partial charge in [0.25, 0.3) is 0 Å². The summed E-state index contributed by atoms with van der Waals surface area (Å²) >= 11 is 1.51. The van der Waals surface area contributed by atoms with Crippen molar-refractivity contribution in [2.24, 2.45) is 0 Å². The minimum atomic E-state index is -0.969. The van der Waals surface area contributed by atoms with Crippen molar-refractivity contribution < 1.29 is 9.90 Å². The number of hydrogen-bond donors (Lipinski definition) is 1. The van der Waals surface area contributed by atoms with Crippen LogP contribution in [0.15, 0.2) is 23.2 Å². The van der Waals surface area contributed by atoms with Crippen LogP contribution in [-0.4, -0.2) is 21.3 Å². The summed E-state index contributed by atoms with van der Waals surface area (Å²) < 4.78 is 0.